The van der Waals surface area contributed by atoms with Gasteiger partial charge in [0.15, 0.2) is 0 Å². The minimum absolute atomic E-state index is 1.22. The number of fused-ring (bicyclic) bond motifs is 13. The smallest absolute Gasteiger partial charge is 0.0361 e. The standard InChI is InChI=1S/C74H44S2/c1-3-15-47(16-4-1)69-53-19-7-11-23-57(53)71(58-24-12-8-20-54(58)69)49-31-27-45(28-32-49)51-35-37-63-67(43-51)75-65-41-39-62-61(73(63)65)40-42-66-74(62)64-38-36-52(44-68(64)76-66)46-29-33-50(34-30-46)72-59-25-13-9-21-55(59)70(48-17-5-2-6-18-48)56-22-10-14-26-60(56)72/h1-44H. The van der Waals surface area contributed by atoms with Gasteiger partial charge in [0.2, 0.25) is 0 Å². The Kier molecular flexibility index (Phi) is 9.78. The maximum atomic E-state index is 2.40. The van der Waals surface area contributed by atoms with Gasteiger partial charge in [0.05, 0.1) is 0 Å². The zero-order valence-electron chi connectivity index (χ0n) is 41.2. The van der Waals surface area contributed by atoms with Crippen molar-refractivity contribution in [1.29, 1.82) is 0 Å². The van der Waals surface area contributed by atoms with Crippen LogP contribution in [0.3, 0.4) is 0 Å². The van der Waals surface area contributed by atoms with Crippen LogP contribution in [0.15, 0.2) is 267 Å². The Morgan fingerprint density at radius 2 is 0.408 bits per heavy atom. The average Bonchev–Trinajstić information content (AvgIpc) is 4.18. The van der Waals surface area contributed by atoms with E-state index in [9.17, 15) is 0 Å². The quantitative estimate of drug-likeness (QED) is 0.146. The molecule has 0 aliphatic heterocycles. The SMILES string of the molecule is c1ccc(-c2c3ccccc3c(-c3ccc(-c4ccc5c(c4)sc4ccc6c(ccc7sc8cc(-c9ccc(-c%10c%11ccccc%11c(-c%11ccccc%11)c%11ccccc%10%11)cc9)ccc8c76)c45)cc3)c3ccccc23)cc1. The summed E-state index contributed by atoms with van der Waals surface area (Å²) < 4.78 is 5.28. The molecule has 2 heteroatoms. The Bertz CT molecular complexity index is 4570. The molecule has 0 spiro atoms. The van der Waals surface area contributed by atoms with Crippen LogP contribution in [0, 0.1) is 0 Å². The van der Waals surface area contributed by atoms with E-state index in [-0.39, 0.29) is 0 Å². The van der Waals surface area contributed by atoms with Crippen LogP contribution < -0.4 is 0 Å². The van der Waals surface area contributed by atoms with Crippen molar-refractivity contribution >= 4 is 117 Å². The first-order valence-corrected chi connectivity index (χ1v) is 27.8. The minimum atomic E-state index is 1.22. The van der Waals surface area contributed by atoms with Gasteiger partial charge in [-0.05, 0) is 145 Å². The van der Waals surface area contributed by atoms with Crippen molar-refractivity contribution in [3.8, 4) is 66.8 Å². The summed E-state index contributed by atoms with van der Waals surface area (Å²) in [6.45, 7) is 0. The first-order chi connectivity index (χ1) is 37.7. The van der Waals surface area contributed by atoms with Crippen LogP contribution in [0.1, 0.15) is 0 Å². The van der Waals surface area contributed by atoms with Crippen LogP contribution in [0.5, 0.6) is 0 Å². The van der Waals surface area contributed by atoms with Gasteiger partial charge in [-0.2, -0.15) is 0 Å². The second kappa shape index (κ2) is 17.2. The molecule has 2 heterocycles. The van der Waals surface area contributed by atoms with E-state index in [0.717, 1.165) is 0 Å². The van der Waals surface area contributed by atoms with Gasteiger partial charge in [-0.3, -0.25) is 0 Å². The molecule has 2 aromatic heterocycles. The summed E-state index contributed by atoms with van der Waals surface area (Å²) in [6.07, 6.45) is 0. The lowest BCUT2D eigenvalue weighted by molar-refractivity contribution is 1.63. The van der Waals surface area contributed by atoms with Crippen molar-refractivity contribution in [2.75, 3.05) is 0 Å². The number of hydrogen-bond donors (Lipinski definition) is 0. The van der Waals surface area contributed by atoms with Gasteiger partial charge in [-0.15, -0.1) is 22.7 Å². The van der Waals surface area contributed by atoms with E-state index in [1.54, 1.807) is 0 Å². The van der Waals surface area contributed by atoms with Crippen molar-refractivity contribution in [3.05, 3.63) is 267 Å². The maximum absolute atomic E-state index is 2.40. The third-order valence-corrected chi connectivity index (χ3v) is 18.3. The molecular weight excluding hydrogens is 953 g/mol. The Labute approximate surface area is 447 Å². The van der Waals surface area contributed by atoms with E-state index in [0.29, 0.717) is 0 Å². The second-order valence-corrected chi connectivity index (χ2v) is 22.3. The molecule has 0 fully saturated rings. The normalized spacial score (nSPS) is 11.9. The molecule has 0 aliphatic rings. The molecule has 0 N–H and O–H groups in total. The Morgan fingerprint density at radius 1 is 0.158 bits per heavy atom. The minimum Gasteiger partial charge on any atom is -0.135 e. The fourth-order valence-electron chi connectivity index (χ4n) is 12.7. The molecule has 16 rings (SSSR count). The average molecular weight is 997 g/mol. The third-order valence-electron chi connectivity index (χ3n) is 16.1. The number of hydrogen-bond acceptors (Lipinski definition) is 2. The van der Waals surface area contributed by atoms with Gasteiger partial charge in [-0.1, -0.05) is 243 Å². The summed E-state index contributed by atoms with van der Waals surface area (Å²) >= 11 is 3.80. The monoisotopic (exact) mass is 996 g/mol. The Balaban J connectivity index is 0.739. The van der Waals surface area contributed by atoms with Crippen molar-refractivity contribution in [2.24, 2.45) is 0 Å². The molecule has 0 saturated heterocycles. The highest BCUT2D eigenvalue weighted by atomic mass is 32.1. The number of benzene rings is 14. The molecule has 0 nitrogen and oxygen atoms in total. The van der Waals surface area contributed by atoms with Gasteiger partial charge in [0, 0.05) is 40.3 Å². The molecule has 16 aromatic rings. The van der Waals surface area contributed by atoms with E-state index in [4.69, 9.17) is 0 Å². The van der Waals surface area contributed by atoms with Crippen LogP contribution in [-0.2, 0) is 0 Å². The lowest BCUT2D eigenvalue weighted by atomic mass is 9.86. The fraction of sp³-hybridized carbons (Fsp3) is 0. The molecule has 0 saturated carbocycles. The summed E-state index contributed by atoms with van der Waals surface area (Å²) in [6, 6.07) is 99.4. The zero-order valence-corrected chi connectivity index (χ0v) is 42.9. The molecule has 0 bridgehead atoms. The van der Waals surface area contributed by atoms with E-state index in [1.165, 1.54) is 161 Å². The molecule has 14 aromatic carbocycles. The van der Waals surface area contributed by atoms with E-state index >= 15 is 0 Å². The molecule has 0 aliphatic carbocycles. The highest BCUT2D eigenvalue weighted by Gasteiger charge is 2.20. The lowest BCUT2D eigenvalue weighted by Crippen LogP contribution is -1.90. The van der Waals surface area contributed by atoms with Crippen LogP contribution in [0.2, 0.25) is 0 Å². The molecular formula is C74H44S2. The predicted molar refractivity (Wildman–Crippen MR) is 332 cm³/mol. The van der Waals surface area contributed by atoms with Crippen LogP contribution >= 0.6 is 22.7 Å². The summed E-state index contributed by atoms with van der Waals surface area (Å²) in [5.74, 6) is 0. The zero-order chi connectivity index (χ0) is 49.8. The Hall–Kier alpha value is -9.18. The molecule has 76 heavy (non-hydrogen) atoms. The van der Waals surface area contributed by atoms with Gasteiger partial charge in [0.25, 0.3) is 0 Å². The van der Waals surface area contributed by atoms with Gasteiger partial charge in [0.1, 0.15) is 0 Å². The van der Waals surface area contributed by atoms with Crippen molar-refractivity contribution in [1.82, 2.24) is 0 Å². The van der Waals surface area contributed by atoms with E-state index < -0.39 is 0 Å². The molecule has 0 amide bonds. The summed E-state index contributed by atoms with van der Waals surface area (Å²) in [4.78, 5) is 0. The summed E-state index contributed by atoms with van der Waals surface area (Å²) in [5.41, 5.74) is 15.0. The fourth-order valence-corrected chi connectivity index (χ4v) is 15.0. The lowest BCUT2D eigenvalue weighted by Gasteiger charge is -2.18. The highest BCUT2D eigenvalue weighted by molar-refractivity contribution is 7.26. The molecule has 0 atom stereocenters. The second-order valence-electron chi connectivity index (χ2n) is 20.2. The largest absolute Gasteiger partial charge is 0.135 e. The molecule has 0 radical (unpaired) electrons. The third kappa shape index (κ3) is 6.68. The van der Waals surface area contributed by atoms with E-state index in [2.05, 4.69) is 267 Å². The van der Waals surface area contributed by atoms with Crippen LogP contribution in [0.4, 0.5) is 0 Å². The highest BCUT2D eigenvalue weighted by Crippen LogP contribution is 2.48. The van der Waals surface area contributed by atoms with E-state index in [1.807, 2.05) is 22.7 Å². The topological polar surface area (TPSA) is 0 Å². The van der Waals surface area contributed by atoms with Crippen molar-refractivity contribution < 1.29 is 0 Å². The van der Waals surface area contributed by atoms with Gasteiger partial charge in [-0.25, -0.2) is 0 Å². The Morgan fingerprint density at radius 3 is 0.724 bits per heavy atom. The van der Waals surface area contributed by atoms with Gasteiger partial charge < -0.3 is 0 Å². The van der Waals surface area contributed by atoms with Gasteiger partial charge >= 0.3 is 0 Å². The van der Waals surface area contributed by atoms with Crippen LogP contribution in [0.25, 0.3) is 161 Å². The van der Waals surface area contributed by atoms with Crippen LogP contribution in [-0.4, -0.2) is 0 Å². The first-order valence-electron chi connectivity index (χ1n) is 26.1. The molecule has 352 valence electrons. The molecule has 0 unspecified atom stereocenters. The maximum Gasteiger partial charge on any atom is 0.0361 e. The summed E-state index contributed by atoms with van der Waals surface area (Å²) in [5, 5.41) is 18.2. The summed E-state index contributed by atoms with van der Waals surface area (Å²) in [7, 11) is 0. The number of thiophene rings is 2. The van der Waals surface area contributed by atoms with Crippen molar-refractivity contribution in [2.45, 2.75) is 0 Å². The number of rotatable bonds is 6. The first kappa shape index (κ1) is 43.2. The predicted octanol–water partition coefficient (Wildman–Crippen LogP) is 22.2. The van der Waals surface area contributed by atoms with Crippen molar-refractivity contribution in [3.63, 3.8) is 0 Å².